The molecule has 0 aromatic rings. The molecule has 0 heterocycles. The van der Waals surface area contributed by atoms with Crippen molar-refractivity contribution in [3.05, 3.63) is 0 Å². The van der Waals surface area contributed by atoms with Crippen molar-refractivity contribution in [1.82, 2.24) is 10.2 Å². The molecule has 3 unspecified atom stereocenters. The normalized spacial score (nSPS) is 30.7. The SMILES string of the molecule is CNCC1(CN(C)C(C)COC)CCCC(C)C1. The molecule has 1 fully saturated rings. The van der Waals surface area contributed by atoms with E-state index in [2.05, 4.69) is 38.2 Å². The van der Waals surface area contributed by atoms with Gasteiger partial charge in [-0.05, 0) is 45.2 Å². The van der Waals surface area contributed by atoms with Gasteiger partial charge in [0, 0.05) is 26.2 Å². The summed E-state index contributed by atoms with van der Waals surface area (Å²) in [6, 6.07) is 0.501. The maximum absolute atomic E-state index is 5.27. The molecule has 1 aliphatic rings. The highest BCUT2D eigenvalue weighted by atomic mass is 16.5. The van der Waals surface area contributed by atoms with Crippen LogP contribution in [0.5, 0.6) is 0 Å². The van der Waals surface area contributed by atoms with Crippen LogP contribution in [0.1, 0.15) is 39.5 Å². The molecule has 18 heavy (non-hydrogen) atoms. The number of ether oxygens (including phenoxy) is 1. The molecule has 0 amide bonds. The van der Waals surface area contributed by atoms with Crippen molar-refractivity contribution in [2.24, 2.45) is 11.3 Å². The van der Waals surface area contributed by atoms with Gasteiger partial charge in [-0.25, -0.2) is 0 Å². The largest absolute Gasteiger partial charge is 0.383 e. The van der Waals surface area contributed by atoms with Crippen LogP contribution in [-0.4, -0.2) is 51.8 Å². The first-order chi connectivity index (χ1) is 8.53. The molecule has 0 aromatic heterocycles. The van der Waals surface area contributed by atoms with E-state index in [1.54, 1.807) is 7.11 Å². The van der Waals surface area contributed by atoms with Gasteiger partial charge < -0.3 is 15.0 Å². The van der Waals surface area contributed by atoms with Crippen LogP contribution in [-0.2, 0) is 4.74 Å². The quantitative estimate of drug-likeness (QED) is 0.757. The maximum Gasteiger partial charge on any atom is 0.0615 e. The van der Waals surface area contributed by atoms with Crippen LogP contribution in [0.4, 0.5) is 0 Å². The fraction of sp³-hybridized carbons (Fsp3) is 1.00. The molecule has 0 aromatic carbocycles. The van der Waals surface area contributed by atoms with E-state index in [9.17, 15) is 0 Å². The second-order valence-corrected chi connectivity index (χ2v) is 6.45. The Balaban J connectivity index is 2.61. The average molecular weight is 256 g/mol. The van der Waals surface area contributed by atoms with Crippen molar-refractivity contribution in [2.75, 3.05) is 40.9 Å². The average Bonchev–Trinajstić information content (AvgIpc) is 2.29. The Bertz CT molecular complexity index is 231. The number of nitrogens with one attached hydrogen (secondary N) is 1. The van der Waals surface area contributed by atoms with E-state index in [0.717, 1.165) is 19.1 Å². The zero-order valence-electron chi connectivity index (χ0n) is 13.0. The molecule has 0 aliphatic heterocycles. The van der Waals surface area contributed by atoms with Crippen LogP contribution in [0.3, 0.4) is 0 Å². The summed E-state index contributed by atoms with van der Waals surface area (Å²) in [6.07, 6.45) is 5.51. The smallest absolute Gasteiger partial charge is 0.0615 e. The highest BCUT2D eigenvalue weighted by Crippen LogP contribution is 2.39. The number of rotatable bonds is 7. The third-order valence-electron chi connectivity index (χ3n) is 4.48. The molecular weight excluding hydrogens is 224 g/mol. The van der Waals surface area contributed by atoms with E-state index >= 15 is 0 Å². The Kier molecular flexibility index (Phi) is 6.61. The van der Waals surface area contributed by atoms with Gasteiger partial charge in [0.15, 0.2) is 0 Å². The standard InChI is InChI=1S/C15H32N2O/c1-13-7-6-8-15(9-13,11-16-3)12-17(4)14(2)10-18-5/h13-14,16H,6-12H2,1-5H3. The minimum absolute atomic E-state index is 0.461. The van der Waals surface area contributed by atoms with Gasteiger partial charge in [0.25, 0.3) is 0 Å². The zero-order valence-corrected chi connectivity index (χ0v) is 13.0. The van der Waals surface area contributed by atoms with Crippen molar-refractivity contribution < 1.29 is 4.74 Å². The first-order valence-electron chi connectivity index (χ1n) is 7.37. The monoisotopic (exact) mass is 256 g/mol. The Morgan fingerprint density at radius 2 is 2.22 bits per heavy atom. The van der Waals surface area contributed by atoms with Crippen molar-refractivity contribution in [2.45, 2.75) is 45.6 Å². The topological polar surface area (TPSA) is 24.5 Å². The molecule has 0 bridgehead atoms. The number of methoxy groups -OCH3 is 1. The molecule has 108 valence electrons. The van der Waals surface area contributed by atoms with Crippen LogP contribution in [0, 0.1) is 11.3 Å². The van der Waals surface area contributed by atoms with E-state index in [1.807, 2.05) is 0 Å². The Hall–Kier alpha value is -0.120. The van der Waals surface area contributed by atoms with Gasteiger partial charge in [-0.1, -0.05) is 19.8 Å². The highest BCUT2D eigenvalue weighted by molar-refractivity contribution is 4.89. The summed E-state index contributed by atoms with van der Waals surface area (Å²) >= 11 is 0. The molecule has 0 spiro atoms. The summed E-state index contributed by atoms with van der Waals surface area (Å²) in [6.45, 7) is 7.80. The molecule has 1 saturated carbocycles. The lowest BCUT2D eigenvalue weighted by Gasteiger charge is -2.43. The van der Waals surface area contributed by atoms with Gasteiger partial charge in [-0.2, -0.15) is 0 Å². The summed E-state index contributed by atoms with van der Waals surface area (Å²) in [7, 11) is 6.11. The molecular formula is C15H32N2O. The molecule has 1 aliphatic carbocycles. The Labute approximate surface area is 113 Å². The van der Waals surface area contributed by atoms with E-state index in [0.29, 0.717) is 11.5 Å². The van der Waals surface area contributed by atoms with Crippen LogP contribution in [0.2, 0.25) is 0 Å². The fourth-order valence-corrected chi connectivity index (χ4v) is 3.56. The first-order valence-corrected chi connectivity index (χ1v) is 7.37. The summed E-state index contributed by atoms with van der Waals surface area (Å²) in [5, 5.41) is 3.42. The lowest BCUT2D eigenvalue weighted by atomic mass is 9.69. The zero-order chi connectivity index (χ0) is 13.6. The van der Waals surface area contributed by atoms with Crippen LogP contribution in [0.15, 0.2) is 0 Å². The molecule has 3 nitrogen and oxygen atoms in total. The fourth-order valence-electron chi connectivity index (χ4n) is 3.56. The third-order valence-corrected chi connectivity index (χ3v) is 4.48. The van der Waals surface area contributed by atoms with Gasteiger partial charge >= 0.3 is 0 Å². The second-order valence-electron chi connectivity index (χ2n) is 6.45. The molecule has 1 rings (SSSR count). The van der Waals surface area contributed by atoms with E-state index in [-0.39, 0.29) is 0 Å². The number of hydrogen-bond donors (Lipinski definition) is 1. The minimum atomic E-state index is 0.461. The number of nitrogens with zero attached hydrogens (tertiary/aromatic N) is 1. The second kappa shape index (κ2) is 7.46. The lowest BCUT2D eigenvalue weighted by molar-refractivity contribution is 0.0507. The third kappa shape index (κ3) is 4.52. The van der Waals surface area contributed by atoms with Crippen molar-refractivity contribution in [3.63, 3.8) is 0 Å². The van der Waals surface area contributed by atoms with Crippen molar-refractivity contribution in [1.29, 1.82) is 0 Å². The number of likely N-dealkylation sites (N-methyl/N-ethyl adjacent to an activating group) is 1. The highest BCUT2D eigenvalue weighted by Gasteiger charge is 2.35. The molecule has 1 N–H and O–H groups in total. The van der Waals surface area contributed by atoms with E-state index in [1.165, 1.54) is 32.2 Å². The molecule has 0 radical (unpaired) electrons. The lowest BCUT2D eigenvalue weighted by Crippen LogP contribution is -2.48. The van der Waals surface area contributed by atoms with E-state index < -0.39 is 0 Å². The van der Waals surface area contributed by atoms with Crippen molar-refractivity contribution >= 4 is 0 Å². The predicted octanol–water partition coefficient (Wildman–Crippen LogP) is 2.37. The maximum atomic E-state index is 5.27. The van der Waals surface area contributed by atoms with Crippen molar-refractivity contribution in [3.8, 4) is 0 Å². The summed E-state index contributed by atoms with van der Waals surface area (Å²) in [4.78, 5) is 2.47. The molecule has 0 saturated heterocycles. The molecule has 3 heteroatoms. The van der Waals surface area contributed by atoms with Crippen LogP contribution >= 0.6 is 0 Å². The van der Waals surface area contributed by atoms with Gasteiger partial charge in [0.1, 0.15) is 0 Å². The van der Waals surface area contributed by atoms with Gasteiger partial charge in [-0.3, -0.25) is 0 Å². The van der Waals surface area contributed by atoms with Crippen LogP contribution in [0.25, 0.3) is 0 Å². The van der Waals surface area contributed by atoms with Crippen LogP contribution < -0.4 is 5.32 Å². The van der Waals surface area contributed by atoms with Gasteiger partial charge in [0.05, 0.1) is 6.61 Å². The summed E-state index contributed by atoms with van der Waals surface area (Å²) < 4.78 is 5.27. The first kappa shape index (κ1) is 15.9. The Morgan fingerprint density at radius 1 is 1.50 bits per heavy atom. The minimum Gasteiger partial charge on any atom is -0.383 e. The van der Waals surface area contributed by atoms with Gasteiger partial charge in [-0.15, -0.1) is 0 Å². The molecule has 3 atom stereocenters. The predicted molar refractivity (Wildman–Crippen MR) is 78.0 cm³/mol. The number of hydrogen-bond acceptors (Lipinski definition) is 3. The van der Waals surface area contributed by atoms with E-state index in [4.69, 9.17) is 4.74 Å². The summed E-state index contributed by atoms with van der Waals surface area (Å²) in [5.74, 6) is 0.873. The van der Waals surface area contributed by atoms with Gasteiger partial charge in [0.2, 0.25) is 0 Å². The summed E-state index contributed by atoms with van der Waals surface area (Å²) in [5.41, 5.74) is 0.461. The Morgan fingerprint density at radius 3 is 2.78 bits per heavy atom.